The van der Waals surface area contributed by atoms with Crippen molar-refractivity contribution >= 4 is 24.2 Å². The summed E-state index contributed by atoms with van der Waals surface area (Å²) in [6.07, 6.45) is 0. The standard InChI is InChI=1S/C28H37O3PS/c1-9-30-32(29,31-10-2)24-19-25(20-11-15-22(16-12-20)27(3,4)5)33-26(24)21-13-17-23(18-14-21)28(6,7)8/h11-19H,9-10H2,1-8H3. The highest BCUT2D eigenvalue weighted by atomic mass is 32.1. The van der Waals surface area contributed by atoms with Gasteiger partial charge in [-0.15, -0.1) is 11.3 Å². The predicted octanol–water partition coefficient (Wildman–Crippen LogP) is 8.57. The molecule has 3 rings (SSSR count). The molecule has 0 amide bonds. The van der Waals surface area contributed by atoms with Crippen molar-refractivity contribution in [2.24, 2.45) is 0 Å². The lowest BCUT2D eigenvalue weighted by Gasteiger charge is -2.20. The normalized spacial score (nSPS) is 12.8. The Hall–Kier alpha value is -1.71. The first-order valence-corrected chi connectivity index (χ1v) is 14.0. The second kappa shape index (κ2) is 9.88. The summed E-state index contributed by atoms with van der Waals surface area (Å²) in [5, 5.41) is 0.648. The van der Waals surface area contributed by atoms with E-state index in [2.05, 4.69) is 90.1 Å². The summed E-state index contributed by atoms with van der Waals surface area (Å²) in [6.45, 7) is 17.6. The van der Waals surface area contributed by atoms with Crippen molar-refractivity contribution in [1.82, 2.24) is 0 Å². The molecule has 0 spiro atoms. The first-order valence-electron chi connectivity index (χ1n) is 11.6. The van der Waals surface area contributed by atoms with Crippen molar-refractivity contribution in [2.75, 3.05) is 13.2 Å². The number of rotatable bonds is 7. The van der Waals surface area contributed by atoms with E-state index >= 15 is 0 Å². The average Bonchev–Trinajstić information content (AvgIpc) is 3.19. The van der Waals surface area contributed by atoms with Gasteiger partial charge in [0.05, 0.1) is 23.4 Å². The minimum absolute atomic E-state index is 0.0721. The summed E-state index contributed by atoms with van der Waals surface area (Å²) < 4.78 is 25.3. The van der Waals surface area contributed by atoms with E-state index in [-0.39, 0.29) is 10.8 Å². The number of hydrogen-bond acceptors (Lipinski definition) is 4. The van der Waals surface area contributed by atoms with Crippen LogP contribution in [0.4, 0.5) is 0 Å². The van der Waals surface area contributed by atoms with Gasteiger partial charge in [0.1, 0.15) is 0 Å². The van der Waals surface area contributed by atoms with Gasteiger partial charge in [-0.05, 0) is 53.0 Å². The smallest absolute Gasteiger partial charge is 0.305 e. The van der Waals surface area contributed by atoms with Crippen molar-refractivity contribution in [3.8, 4) is 20.9 Å². The molecule has 0 aliphatic carbocycles. The van der Waals surface area contributed by atoms with Crippen molar-refractivity contribution in [2.45, 2.75) is 66.2 Å². The highest BCUT2D eigenvalue weighted by Gasteiger charge is 2.33. The molecule has 1 aromatic heterocycles. The van der Waals surface area contributed by atoms with Gasteiger partial charge in [0.2, 0.25) is 0 Å². The van der Waals surface area contributed by atoms with Crippen LogP contribution in [0.2, 0.25) is 0 Å². The molecule has 0 N–H and O–H groups in total. The third-order valence-corrected chi connectivity index (χ3v) is 9.18. The van der Waals surface area contributed by atoms with Crippen molar-refractivity contribution in [3.05, 3.63) is 65.7 Å². The van der Waals surface area contributed by atoms with Crippen LogP contribution in [-0.4, -0.2) is 13.2 Å². The monoisotopic (exact) mass is 484 g/mol. The van der Waals surface area contributed by atoms with Crippen LogP contribution in [0.1, 0.15) is 66.5 Å². The van der Waals surface area contributed by atoms with Crippen LogP contribution >= 0.6 is 18.9 Å². The highest BCUT2D eigenvalue weighted by Crippen LogP contribution is 2.52. The van der Waals surface area contributed by atoms with E-state index in [1.165, 1.54) is 11.1 Å². The van der Waals surface area contributed by atoms with Crippen LogP contribution < -0.4 is 5.30 Å². The lowest BCUT2D eigenvalue weighted by atomic mass is 9.86. The fraction of sp³-hybridized carbons (Fsp3) is 0.429. The molecule has 0 saturated carbocycles. The first-order chi connectivity index (χ1) is 15.4. The van der Waals surface area contributed by atoms with Gasteiger partial charge in [-0.3, -0.25) is 4.57 Å². The minimum atomic E-state index is -3.44. The van der Waals surface area contributed by atoms with Crippen LogP contribution in [-0.2, 0) is 24.4 Å². The van der Waals surface area contributed by atoms with Gasteiger partial charge in [-0.25, -0.2) is 0 Å². The van der Waals surface area contributed by atoms with E-state index in [0.29, 0.717) is 18.5 Å². The van der Waals surface area contributed by atoms with Crippen LogP contribution in [0.5, 0.6) is 0 Å². The summed E-state index contributed by atoms with van der Waals surface area (Å²) in [5.41, 5.74) is 4.85. The Kier molecular flexibility index (Phi) is 7.75. The molecule has 0 radical (unpaired) electrons. The summed E-state index contributed by atoms with van der Waals surface area (Å²) in [6, 6.07) is 19.2. The van der Waals surface area contributed by atoms with Gasteiger partial charge in [0, 0.05) is 4.88 Å². The summed E-state index contributed by atoms with van der Waals surface area (Å²) in [7, 11) is -3.44. The fourth-order valence-electron chi connectivity index (χ4n) is 3.71. The molecule has 5 heteroatoms. The number of hydrogen-bond donors (Lipinski definition) is 0. The molecule has 178 valence electrons. The molecule has 0 aliphatic rings. The van der Waals surface area contributed by atoms with Crippen LogP contribution in [0, 0.1) is 0 Å². The van der Waals surface area contributed by atoms with Crippen molar-refractivity contribution in [3.63, 3.8) is 0 Å². The van der Waals surface area contributed by atoms with Gasteiger partial charge in [0.15, 0.2) is 0 Å². The van der Waals surface area contributed by atoms with Gasteiger partial charge in [-0.1, -0.05) is 90.1 Å². The van der Waals surface area contributed by atoms with Gasteiger partial charge in [-0.2, -0.15) is 0 Å². The maximum atomic E-state index is 13.8. The summed E-state index contributed by atoms with van der Waals surface area (Å²) in [5.74, 6) is 0. The number of thiophene rings is 1. The van der Waals surface area contributed by atoms with E-state index < -0.39 is 7.60 Å². The maximum Gasteiger partial charge on any atom is 0.362 e. The quantitative estimate of drug-likeness (QED) is 0.315. The zero-order valence-electron chi connectivity index (χ0n) is 21.2. The van der Waals surface area contributed by atoms with Crippen LogP contribution in [0.15, 0.2) is 54.6 Å². The van der Waals surface area contributed by atoms with Gasteiger partial charge < -0.3 is 9.05 Å². The second-order valence-electron chi connectivity index (χ2n) is 10.3. The van der Waals surface area contributed by atoms with Gasteiger partial charge >= 0.3 is 7.60 Å². The Morgan fingerprint density at radius 1 is 0.727 bits per heavy atom. The molecule has 2 aromatic carbocycles. The molecule has 0 bridgehead atoms. The molecule has 0 fully saturated rings. The first kappa shape index (κ1) is 25.9. The topological polar surface area (TPSA) is 35.5 Å². The molecule has 0 aliphatic heterocycles. The molecule has 1 heterocycles. The Morgan fingerprint density at radius 2 is 1.15 bits per heavy atom. The Bertz CT molecular complexity index is 1100. The third-order valence-electron chi connectivity index (χ3n) is 5.65. The molecule has 0 saturated heterocycles. The van der Waals surface area contributed by atoms with Crippen LogP contribution in [0.3, 0.4) is 0 Å². The van der Waals surface area contributed by atoms with E-state index in [1.807, 2.05) is 19.9 Å². The van der Waals surface area contributed by atoms with Crippen LogP contribution in [0.25, 0.3) is 20.9 Å². The number of benzene rings is 2. The van der Waals surface area contributed by atoms with Gasteiger partial charge in [0.25, 0.3) is 0 Å². The zero-order valence-corrected chi connectivity index (χ0v) is 22.9. The summed E-state index contributed by atoms with van der Waals surface area (Å²) >= 11 is 1.64. The lowest BCUT2D eigenvalue weighted by molar-refractivity contribution is 0.230. The van der Waals surface area contributed by atoms with Crippen molar-refractivity contribution in [1.29, 1.82) is 0 Å². The van der Waals surface area contributed by atoms with E-state index in [9.17, 15) is 4.57 Å². The lowest BCUT2D eigenvalue weighted by Crippen LogP contribution is -2.12. The van der Waals surface area contributed by atoms with E-state index in [0.717, 1.165) is 20.9 Å². The second-order valence-corrected chi connectivity index (χ2v) is 13.4. The highest BCUT2D eigenvalue weighted by molar-refractivity contribution is 7.63. The molecule has 0 atom stereocenters. The Labute approximate surface area is 203 Å². The fourth-order valence-corrected chi connectivity index (χ4v) is 7.03. The third kappa shape index (κ3) is 5.87. The molecular formula is C28H37O3PS. The average molecular weight is 485 g/mol. The zero-order chi connectivity index (χ0) is 24.4. The SMILES string of the molecule is CCOP(=O)(OCC)c1cc(-c2ccc(C(C)(C)C)cc2)sc1-c1ccc(C(C)(C)C)cc1. The summed E-state index contributed by atoms with van der Waals surface area (Å²) in [4.78, 5) is 2.00. The molecule has 3 aromatic rings. The Morgan fingerprint density at radius 3 is 1.55 bits per heavy atom. The predicted molar refractivity (Wildman–Crippen MR) is 143 cm³/mol. The van der Waals surface area contributed by atoms with E-state index in [4.69, 9.17) is 9.05 Å². The Balaban J connectivity index is 2.15. The van der Waals surface area contributed by atoms with Crippen molar-refractivity contribution < 1.29 is 13.6 Å². The minimum Gasteiger partial charge on any atom is -0.305 e. The molecule has 33 heavy (non-hydrogen) atoms. The molecular weight excluding hydrogens is 447 g/mol. The molecule has 0 unspecified atom stereocenters. The maximum absolute atomic E-state index is 13.8. The molecule has 3 nitrogen and oxygen atoms in total. The largest absolute Gasteiger partial charge is 0.362 e. The van der Waals surface area contributed by atoms with E-state index in [1.54, 1.807) is 11.3 Å².